The summed E-state index contributed by atoms with van der Waals surface area (Å²) in [6.07, 6.45) is 0. The predicted octanol–water partition coefficient (Wildman–Crippen LogP) is 3.56. The Balaban J connectivity index is 2.10. The van der Waals surface area contributed by atoms with Crippen LogP contribution in [-0.4, -0.2) is 19.3 Å². The Labute approximate surface area is 174 Å². The summed E-state index contributed by atoms with van der Waals surface area (Å²) in [4.78, 5) is 29.4. The molecule has 0 atom stereocenters. The van der Waals surface area contributed by atoms with E-state index in [1.165, 1.54) is 25.9 Å². The Bertz CT molecular complexity index is 1140. The smallest absolute Gasteiger partial charge is 0.333 e. The molecule has 0 aliphatic heterocycles. The average Bonchev–Trinajstić information content (AvgIpc) is 2.71. The second kappa shape index (κ2) is 8.62. The monoisotopic (exact) mass is 459 g/mol. The summed E-state index contributed by atoms with van der Waals surface area (Å²) in [6.45, 7) is 0. The molecular formula is C20H18BrN3O3S. The van der Waals surface area contributed by atoms with Gasteiger partial charge in [-0.15, -0.1) is 11.8 Å². The highest BCUT2D eigenvalue weighted by molar-refractivity contribution is 9.10. The second-order valence-electron chi connectivity index (χ2n) is 6.07. The van der Waals surface area contributed by atoms with Crippen LogP contribution in [0.3, 0.4) is 0 Å². The number of aromatic nitrogens is 2. The number of hydrogen-bond donors (Lipinski definition) is 1. The lowest BCUT2D eigenvalue weighted by atomic mass is 10.2. The number of benzene rings is 2. The zero-order valence-corrected chi connectivity index (χ0v) is 17.7. The Kier molecular flexibility index (Phi) is 6.21. The van der Waals surface area contributed by atoms with Crippen molar-refractivity contribution in [2.75, 3.05) is 0 Å². The summed E-state index contributed by atoms with van der Waals surface area (Å²) < 4.78 is 2.98. The molecule has 0 amide bonds. The first-order valence-corrected chi connectivity index (χ1v) is 10.2. The molecule has 0 spiro atoms. The van der Waals surface area contributed by atoms with Gasteiger partial charge in [0.15, 0.2) is 0 Å². The molecule has 0 bridgehead atoms. The first kappa shape index (κ1) is 20.2. The maximum absolute atomic E-state index is 12.7. The molecule has 0 aliphatic rings. The Morgan fingerprint density at radius 1 is 1.04 bits per heavy atom. The number of thioether (sulfide) groups is 1. The first-order valence-electron chi connectivity index (χ1n) is 8.39. The highest BCUT2D eigenvalue weighted by Crippen LogP contribution is 2.25. The normalized spacial score (nSPS) is 11.6. The average molecular weight is 460 g/mol. The van der Waals surface area contributed by atoms with Gasteiger partial charge in [-0.1, -0.05) is 46.3 Å². The third kappa shape index (κ3) is 4.28. The van der Waals surface area contributed by atoms with Gasteiger partial charge in [-0.2, -0.15) is 0 Å². The fourth-order valence-electron chi connectivity index (χ4n) is 2.53. The van der Waals surface area contributed by atoms with Crippen molar-refractivity contribution in [1.29, 1.82) is 0 Å². The Hall–Kier alpha value is -2.58. The minimum Gasteiger partial charge on any atom is -0.494 e. The standard InChI is InChI=1S/C20H18BrN3O3S/c1-23-18(25)16(19(26)24(2)20(23)27)17(22-15-6-4-3-5-7-15)28-12-13-8-10-14(21)11-9-13/h3-11,25H,12H2,1-2H3. The molecule has 0 saturated carbocycles. The molecule has 0 unspecified atom stereocenters. The molecule has 6 nitrogen and oxygen atoms in total. The molecule has 0 saturated heterocycles. The summed E-state index contributed by atoms with van der Waals surface area (Å²) in [7, 11) is 2.80. The van der Waals surface area contributed by atoms with E-state index in [2.05, 4.69) is 20.9 Å². The van der Waals surface area contributed by atoms with E-state index in [9.17, 15) is 14.7 Å². The van der Waals surface area contributed by atoms with Crippen LogP contribution in [0.5, 0.6) is 5.88 Å². The van der Waals surface area contributed by atoms with E-state index in [1.807, 2.05) is 54.6 Å². The summed E-state index contributed by atoms with van der Waals surface area (Å²) in [5.74, 6) is 0.149. The van der Waals surface area contributed by atoms with Crippen LogP contribution < -0.4 is 11.2 Å². The van der Waals surface area contributed by atoms with Crippen LogP contribution in [0.1, 0.15) is 11.1 Å². The van der Waals surface area contributed by atoms with Crippen LogP contribution in [0.2, 0.25) is 0 Å². The lowest BCUT2D eigenvalue weighted by Crippen LogP contribution is -2.39. The van der Waals surface area contributed by atoms with Crippen LogP contribution in [0.25, 0.3) is 0 Å². The number of para-hydroxylation sites is 1. The summed E-state index contributed by atoms with van der Waals surface area (Å²) in [5, 5.41) is 10.9. The molecule has 0 aliphatic carbocycles. The molecular weight excluding hydrogens is 442 g/mol. The quantitative estimate of drug-likeness (QED) is 0.477. The van der Waals surface area contributed by atoms with Crippen molar-refractivity contribution in [3.63, 3.8) is 0 Å². The molecule has 8 heteroatoms. The van der Waals surface area contributed by atoms with E-state index in [0.717, 1.165) is 19.2 Å². The molecule has 1 heterocycles. The molecule has 1 aromatic heterocycles. The molecule has 144 valence electrons. The number of hydrogen-bond acceptors (Lipinski definition) is 5. The SMILES string of the molecule is Cn1c(O)c(C(=Nc2ccccc2)SCc2ccc(Br)cc2)c(=O)n(C)c1=O. The zero-order chi connectivity index (χ0) is 20.3. The minimum absolute atomic E-state index is 0.00978. The van der Waals surface area contributed by atoms with Gasteiger partial charge in [0, 0.05) is 24.3 Å². The molecule has 1 N–H and O–H groups in total. The van der Waals surface area contributed by atoms with Crippen LogP contribution >= 0.6 is 27.7 Å². The summed E-state index contributed by atoms with van der Waals surface area (Å²) in [5.41, 5.74) is 0.517. The molecule has 0 fully saturated rings. The van der Waals surface area contributed by atoms with Crippen LogP contribution in [0, 0.1) is 0 Å². The maximum atomic E-state index is 12.7. The highest BCUT2D eigenvalue weighted by Gasteiger charge is 2.21. The number of aliphatic imine (C=N–C) groups is 1. The Morgan fingerprint density at radius 2 is 1.68 bits per heavy atom. The van der Waals surface area contributed by atoms with Crippen molar-refractivity contribution in [3.05, 3.63) is 91.0 Å². The van der Waals surface area contributed by atoms with E-state index in [-0.39, 0.29) is 5.56 Å². The highest BCUT2D eigenvalue weighted by atomic mass is 79.9. The second-order valence-corrected chi connectivity index (χ2v) is 7.95. The molecule has 3 rings (SSSR count). The van der Waals surface area contributed by atoms with Gasteiger partial charge < -0.3 is 5.11 Å². The fourth-order valence-corrected chi connectivity index (χ4v) is 3.79. The molecule has 3 aromatic rings. The van der Waals surface area contributed by atoms with Gasteiger partial charge in [0.2, 0.25) is 5.88 Å². The fraction of sp³-hybridized carbons (Fsp3) is 0.150. The molecule has 2 aromatic carbocycles. The van der Waals surface area contributed by atoms with Gasteiger partial charge in [0.05, 0.1) is 5.69 Å². The van der Waals surface area contributed by atoms with E-state index < -0.39 is 17.1 Å². The van der Waals surface area contributed by atoms with Gasteiger partial charge in [0.1, 0.15) is 10.6 Å². The Morgan fingerprint density at radius 3 is 2.32 bits per heavy atom. The summed E-state index contributed by atoms with van der Waals surface area (Å²) in [6, 6.07) is 17.0. The van der Waals surface area contributed by atoms with Crippen molar-refractivity contribution >= 4 is 38.4 Å². The molecule has 0 radical (unpaired) electrons. The minimum atomic E-state index is -0.594. The number of halogens is 1. The van der Waals surface area contributed by atoms with Gasteiger partial charge in [-0.05, 0) is 29.8 Å². The van der Waals surface area contributed by atoms with Crippen LogP contribution in [0.4, 0.5) is 5.69 Å². The van der Waals surface area contributed by atoms with Crippen molar-refractivity contribution < 1.29 is 5.11 Å². The first-order chi connectivity index (χ1) is 13.4. The maximum Gasteiger partial charge on any atom is 0.333 e. The number of nitrogens with zero attached hydrogens (tertiary/aromatic N) is 3. The lowest BCUT2D eigenvalue weighted by molar-refractivity contribution is 0.410. The van der Waals surface area contributed by atoms with E-state index in [1.54, 1.807) is 0 Å². The van der Waals surface area contributed by atoms with Crippen molar-refractivity contribution in [1.82, 2.24) is 9.13 Å². The van der Waals surface area contributed by atoms with Crippen LogP contribution in [-0.2, 0) is 19.8 Å². The van der Waals surface area contributed by atoms with E-state index in [4.69, 9.17) is 0 Å². The predicted molar refractivity (Wildman–Crippen MR) is 117 cm³/mol. The van der Waals surface area contributed by atoms with Crippen LogP contribution in [0.15, 0.2) is 73.7 Å². The van der Waals surface area contributed by atoms with E-state index >= 15 is 0 Å². The van der Waals surface area contributed by atoms with Crippen molar-refractivity contribution in [2.45, 2.75) is 5.75 Å². The largest absolute Gasteiger partial charge is 0.494 e. The molecule has 28 heavy (non-hydrogen) atoms. The zero-order valence-electron chi connectivity index (χ0n) is 15.3. The number of aromatic hydroxyl groups is 1. The van der Waals surface area contributed by atoms with Gasteiger partial charge in [-0.25, -0.2) is 9.79 Å². The van der Waals surface area contributed by atoms with Crippen molar-refractivity contribution in [2.24, 2.45) is 19.1 Å². The lowest BCUT2D eigenvalue weighted by Gasteiger charge is -2.12. The third-order valence-electron chi connectivity index (χ3n) is 4.12. The van der Waals surface area contributed by atoms with Gasteiger partial charge in [0.25, 0.3) is 5.56 Å². The van der Waals surface area contributed by atoms with Gasteiger partial charge >= 0.3 is 5.69 Å². The van der Waals surface area contributed by atoms with Crippen molar-refractivity contribution in [3.8, 4) is 5.88 Å². The number of rotatable bonds is 4. The van der Waals surface area contributed by atoms with Gasteiger partial charge in [-0.3, -0.25) is 13.9 Å². The third-order valence-corrected chi connectivity index (χ3v) is 5.70. The summed E-state index contributed by atoms with van der Waals surface area (Å²) >= 11 is 4.73. The topological polar surface area (TPSA) is 76.6 Å². The van der Waals surface area contributed by atoms with E-state index in [0.29, 0.717) is 16.5 Å².